The van der Waals surface area contributed by atoms with E-state index in [4.69, 9.17) is 5.11 Å². The van der Waals surface area contributed by atoms with Gasteiger partial charge in [0.1, 0.15) is 8.07 Å². The first-order chi connectivity index (χ1) is 4.62. The van der Waals surface area contributed by atoms with E-state index < -0.39 is 14.0 Å². The summed E-state index contributed by atoms with van der Waals surface area (Å²) in [7, 11) is -1.73. The van der Waals surface area contributed by atoms with Crippen molar-refractivity contribution in [2.75, 3.05) is 0 Å². The fourth-order valence-corrected chi connectivity index (χ4v) is 2.83. The van der Waals surface area contributed by atoms with Crippen molar-refractivity contribution in [3.63, 3.8) is 0 Å². The number of carboxylic acid groups (broad SMARTS) is 1. The van der Waals surface area contributed by atoms with E-state index in [9.17, 15) is 4.79 Å². The molecule has 0 saturated carbocycles. The molecule has 0 saturated heterocycles. The maximum atomic E-state index is 10.3. The maximum Gasteiger partial charge on any atom is 0.304 e. The summed E-state index contributed by atoms with van der Waals surface area (Å²) in [4.78, 5) is 10.3. The van der Waals surface area contributed by atoms with E-state index >= 15 is 0 Å². The topological polar surface area (TPSA) is 37.3 Å². The summed E-state index contributed by atoms with van der Waals surface area (Å²) in [6.45, 7) is 1.99. The average molecular weight is 153 g/mol. The minimum Gasteiger partial charge on any atom is -0.481 e. The van der Waals surface area contributed by atoms with E-state index in [1.807, 2.05) is 30.1 Å². The highest BCUT2D eigenvalue weighted by Crippen LogP contribution is 2.15. The Bertz CT molecular complexity index is 194. The molecule has 0 fully saturated rings. The van der Waals surface area contributed by atoms with Crippen LogP contribution in [-0.2, 0) is 4.79 Å². The molecule has 0 aromatic heterocycles. The Hall–Kier alpha value is -0.833. The molecule has 1 N–H and O–H groups in total. The molecule has 1 rings (SSSR count). The van der Waals surface area contributed by atoms with Gasteiger partial charge in [-0.15, -0.1) is 0 Å². The zero-order chi connectivity index (χ0) is 7.61. The normalized spacial score (nSPS) is 19.7. The molecule has 0 bridgehead atoms. The molecule has 0 aliphatic carbocycles. The third-order valence-electron chi connectivity index (χ3n) is 1.46. The summed E-state index contributed by atoms with van der Waals surface area (Å²) in [5.74, 6) is -0.814. The predicted molar refractivity (Wildman–Crippen MR) is 41.8 cm³/mol. The summed E-state index contributed by atoms with van der Waals surface area (Å²) >= 11 is 0. The van der Waals surface area contributed by atoms with Crippen LogP contribution in [0.2, 0.25) is 6.55 Å². The minimum atomic E-state index is -1.73. The summed E-state index contributed by atoms with van der Waals surface area (Å²) in [5.41, 5.74) is 3.97. The summed E-state index contributed by atoms with van der Waals surface area (Å²) in [6.07, 6.45) is 3.82. The molecule has 10 heavy (non-hydrogen) atoms. The molecule has 0 atom stereocenters. The molecule has 0 spiro atoms. The van der Waals surface area contributed by atoms with Crippen molar-refractivity contribution in [1.82, 2.24) is 0 Å². The van der Waals surface area contributed by atoms with E-state index in [1.54, 1.807) is 0 Å². The fraction of sp³-hybridized carbons (Fsp3) is 0.143. The van der Waals surface area contributed by atoms with Gasteiger partial charge in [-0.25, -0.2) is 0 Å². The van der Waals surface area contributed by atoms with Gasteiger partial charge in [0.2, 0.25) is 0 Å². The standard InChI is InChI=1S/C7H9O2Si/c1-10(6-7(8)9)4-2-3-5-10/h2-6H,1H3,(H,8,9). The Morgan fingerprint density at radius 2 is 2.00 bits per heavy atom. The number of allylic oxidation sites excluding steroid dienone is 2. The van der Waals surface area contributed by atoms with Crippen molar-refractivity contribution in [2.24, 2.45) is 0 Å². The Morgan fingerprint density at radius 3 is 2.40 bits per heavy atom. The first-order valence-corrected chi connectivity index (χ1v) is 5.81. The van der Waals surface area contributed by atoms with E-state index in [2.05, 4.69) is 0 Å². The second kappa shape index (κ2) is 2.42. The van der Waals surface area contributed by atoms with Crippen molar-refractivity contribution in [1.29, 1.82) is 0 Å². The molecule has 1 heterocycles. The van der Waals surface area contributed by atoms with E-state index in [1.165, 1.54) is 6.04 Å². The highest BCUT2D eigenvalue weighted by Gasteiger charge is 2.26. The van der Waals surface area contributed by atoms with Crippen molar-refractivity contribution < 1.29 is 9.90 Å². The van der Waals surface area contributed by atoms with E-state index in [0.29, 0.717) is 0 Å². The van der Waals surface area contributed by atoms with Gasteiger partial charge in [0.25, 0.3) is 0 Å². The Morgan fingerprint density at radius 1 is 1.50 bits per heavy atom. The number of carbonyl (C=O) groups is 1. The molecule has 3 heteroatoms. The van der Waals surface area contributed by atoms with Crippen molar-refractivity contribution >= 4 is 14.0 Å². The fourth-order valence-electron chi connectivity index (χ4n) is 0.944. The smallest absolute Gasteiger partial charge is 0.304 e. The van der Waals surface area contributed by atoms with Crippen LogP contribution in [0.25, 0.3) is 0 Å². The zero-order valence-electron chi connectivity index (χ0n) is 5.74. The molecular weight excluding hydrogens is 144 g/mol. The number of rotatable bonds is 2. The van der Waals surface area contributed by atoms with Gasteiger partial charge in [0, 0.05) is 0 Å². The molecule has 2 nitrogen and oxygen atoms in total. The summed E-state index contributed by atoms with van der Waals surface area (Å²) < 4.78 is 0. The molecule has 0 aromatic rings. The molecule has 53 valence electrons. The van der Waals surface area contributed by atoms with Gasteiger partial charge in [-0.3, -0.25) is 4.79 Å². The monoisotopic (exact) mass is 153 g/mol. The van der Waals surface area contributed by atoms with Crippen molar-refractivity contribution in [2.45, 2.75) is 6.55 Å². The van der Waals surface area contributed by atoms with Crippen LogP contribution in [0.4, 0.5) is 0 Å². The van der Waals surface area contributed by atoms with Crippen LogP contribution in [0.3, 0.4) is 0 Å². The predicted octanol–water partition coefficient (Wildman–Crippen LogP) is 1.10. The van der Waals surface area contributed by atoms with Gasteiger partial charge in [-0.2, -0.15) is 0 Å². The number of hydrogen-bond donors (Lipinski definition) is 1. The number of carboxylic acids is 1. The first kappa shape index (κ1) is 7.28. The van der Waals surface area contributed by atoms with Gasteiger partial charge in [0.05, 0.1) is 6.04 Å². The van der Waals surface area contributed by atoms with Crippen LogP contribution in [0.1, 0.15) is 0 Å². The van der Waals surface area contributed by atoms with Gasteiger partial charge in [0.15, 0.2) is 0 Å². The molecule has 0 unspecified atom stereocenters. The summed E-state index contributed by atoms with van der Waals surface area (Å²) in [5, 5.41) is 8.45. The van der Waals surface area contributed by atoms with E-state index in [-0.39, 0.29) is 0 Å². The van der Waals surface area contributed by atoms with Gasteiger partial charge < -0.3 is 5.11 Å². The molecular formula is C7H9O2Si. The van der Waals surface area contributed by atoms with Crippen LogP contribution in [0, 0.1) is 6.04 Å². The van der Waals surface area contributed by atoms with Gasteiger partial charge in [-0.1, -0.05) is 30.1 Å². The first-order valence-electron chi connectivity index (χ1n) is 3.08. The molecule has 0 amide bonds. The van der Waals surface area contributed by atoms with E-state index in [0.717, 1.165) is 0 Å². The lowest BCUT2D eigenvalue weighted by molar-refractivity contribution is -0.132. The van der Waals surface area contributed by atoms with Crippen molar-refractivity contribution in [3.8, 4) is 0 Å². The molecule has 1 aliphatic heterocycles. The summed E-state index contributed by atoms with van der Waals surface area (Å²) in [6, 6.07) is 1.41. The largest absolute Gasteiger partial charge is 0.481 e. The third kappa shape index (κ3) is 1.57. The highest BCUT2D eigenvalue weighted by atomic mass is 28.3. The highest BCUT2D eigenvalue weighted by molar-refractivity contribution is 6.94. The zero-order valence-corrected chi connectivity index (χ0v) is 6.74. The SMILES string of the molecule is C[Si]1([CH]C(=O)O)C=CC=C1. The average Bonchev–Trinajstić information content (AvgIpc) is 2.12. The number of hydrogen-bond acceptors (Lipinski definition) is 1. The van der Waals surface area contributed by atoms with Crippen LogP contribution in [-0.4, -0.2) is 19.1 Å². The lowest BCUT2D eigenvalue weighted by atomic mass is 10.6. The second-order valence-corrected chi connectivity index (χ2v) is 6.25. The molecule has 1 radical (unpaired) electrons. The number of aliphatic carboxylic acids is 1. The Kier molecular flexibility index (Phi) is 1.76. The second-order valence-electron chi connectivity index (χ2n) is 2.57. The van der Waals surface area contributed by atoms with Gasteiger partial charge in [-0.05, 0) is 0 Å². The molecule has 1 aliphatic rings. The lowest BCUT2D eigenvalue weighted by Crippen LogP contribution is -2.28. The quantitative estimate of drug-likeness (QED) is 0.603. The van der Waals surface area contributed by atoms with Crippen LogP contribution in [0.15, 0.2) is 23.6 Å². The third-order valence-corrected chi connectivity index (χ3v) is 4.15. The maximum absolute atomic E-state index is 10.3. The van der Waals surface area contributed by atoms with Crippen LogP contribution >= 0.6 is 0 Å². The Balaban J connectivity index is 2.62. The van der Waals surface area contributed by atoms with Crippen LogP contribution in [0.5, 0.6) is 0 Å². The lowest BCUT2D eigenvalue weighted by Gasteiger charge is -2.11. The Labute approximate surface area is 60.9 Å². The minimum absolute atomic E-state index is 0.814. The van der Waals surface area contributed by atoms with Crippen molar-refractivity contribution in [3.05, 3.63) is 29.6 Å². The van der Waals surface area contributed by atoms with Gasteiger partial charge >= 0.3 is 5.97 Å². The molecule has 0 aromatic carbocycles. The van der Waals surface area contributed by atoms with Crippen LogP contribution < -0.4 is 0 Å².